The Hall–Kier alpha value is -3.80. The average molecular weight is 380 g/mol. The minimum Gasteiger partial charge on any atom is -0.202 e. The molecule has 0 amide bonds. The van der Waals surface area contributed by atoms with Gasteiger partial charge in [-0.1, -0.05) is 48.5 Å². The molecule has 0 atom stereocenters. The second-order valence-electron chi connectivity index (χ2n) is 7.18. The molecule has 2 aromatic heterocycles. The fourth-order valence-corrected chi connectivity index (χ4v) is 3.75. The first kappa shape index (κ1) is 17.3. The maximum Gasteiger partial charge on any atom is 0.273 e. The zero-order chi connectivity index (χ0) is 20.0. The highest BCUT2D eigenvalue weighted by atomic mass is 15.5. The molecule has 0 aliphatic rings. The van der Waals surface area contributed by atoms with Gasteiger partial charge in [0.2, 0.25) is 0 Å². The summed E-state index contributed by atoms with van der Waals surface area (Å²) < 4.78 is 3.50. The van der Waals surface area contributed by atoms with Crippen LogP contribution in [0, 0.1) is 20.8 Å². The maximum absolute atomic E-state index is 4.77. The van der Waals surface area contributed by atoms with E-state index in [9.17, 15) is 0 Å². The van der Waals surface area contributed by atoms with Crippen LogP contribution in [0.3, 0.4) is 0 Å². The van der Waals surface area contributed by atoms with Crippen LogP contribution >= 0.6 is 0 Å². The highest BCUT2D eigenvalue weighted by Crippen LogP contribution is 2.27. The van der Waals surface area contributed by atoms with E-state index in [2.05, 4.69) is 69.9 Å². The molecule has 5 rings (SSSR count). The number of rotatable bonds is 3. The Bertz CT molecular complexity index is 1340. The van der Waals surface area contributed by atoms with Crippen LogP contribution in [0.15, 0.2) is 65.8 Å². The molecule has 29 heavy (non-hydrogen) atoms. The van der Waals surface area contributed by atoms with Crippen molar-refractivity contribution in [2.75, 3.05) is 0 Å². The summed E-state index contributed by atoms with van der Waals surface area (Å²) >= 11 is 0. The minimum absolute atomic E-state index is 0.578. The number of hydrogen-bond acceptors (Lipinski definition) is 4. The number of aryl methyl sites for hydroxylation is 3. The number of aromatic nitrogens is 5. The zero-order valence-corrected chi connectivity index (χ0v) is 16.5. The van der Waals surface area contributed by atoms with Gasteiger partial charge in [0.05, 0.1) is 11.9 Å². The minimum atomic E-state index is 0.578. The Balaban J connectivity index is 1.71. The van der Waals surface area contributed by atoms with Crippen molar-refractivity contribution in [1.82, 2.24) is 24.7 Å². The summed E-state index contributed by atoms with van der Waals surface area (Å²) in [7, 11) is 0. The van der Waals surface area contributed by atoms with Crippen molar-refractivity contribution in [1.29, 1.82) is 0 Å². The fraction of sp³-hybridized carbons (Fsp3) is 0.130. The van der Waals surface area contributed by atoms with Gasteiger partial charge in [-0.2, -0.15) is 14.9 Å². The molecule has 0 bridgehead atoms. The third kappa shape index (κ3) is 2.89. The van der Waals surface area contributed by atoms with Crippen LogP contribution in [0.1, 0.15) is 22.8 Å². The molecule has 0 fully saturated rings. The zero-order valence-electron chi connectivity index (χ0n) is 16.5. The van der Waals surface area contributed by atoms with Crippen molar-refractivity contribution in [3.05, 3.63) is 83.4 Å². The molecule has 0 aliphatic carbocycles. The molecule has 142 valence electrons. The van der Waals surface area contributed by atoms with Crippen molar-refractivity contribution in [3.8, 4) is 5.95 Å². The number of hydrogen-bond donors (Lipinski definition) is 0. The van der Waals surface area contributed by atoms with Gasteiger partial charge in [0.1, 0.15) is 0 Å². The van der Waals surface area contributed by atoms with Crippen molar-refractivity contribution >= 4 is 27.8 Å². The first-order chi connectivity index (χ1) is 14.1. The summed E-state index contributed by atoms with van der Waals surface area (Å²) in [5.41, 5.74) is 2.99. The molecule has 2 heterocycles. The second-order valence-corrected chi connectivity index (χ2v) is 7.18. The van der Waals surface area contributed by atoms with Crippen LogP contribution in [-0.2, 0) is 0 Å². The monoisotopic (exact) mass is 380 g/mol. The maximum atomic E-state index is 4.77. The third-order valence-electron chi connectivity index (χ3n) is 5.09. The number of benzene rings is 3. The molecule has 0 saturated carbocycles. The Morgan fingerprint density at radius 1 is 0.828 bits per heavy atom. The summed E-state index contributed by atoms with van der Waals surface area (Å²) in [6.07, 6.45) is 1.90. The largest absolute Gasteiger partial charge is 0.273 e. The molecule has 0 spiro atoms. The normalized spacial score (nSPS) is 11.8. The van der Waals surface area contributed by atoms with Crippen molar-refractivity contribution in [2.24, 2.45) is 5.10 Å². The van der Waals surface area contributed by atoms with E-state index in [-0.39, 0.29) is 0 Å². The lowest BCUT2D eigenvalue weighted by molar-refractivity contribution is 0.708. The standard InChI is InChI=1S/C23H20N6/c1-15-12-16(2)28(27-15)23-26-25-17(3)29(23)24-14-22-20-10-6-4-8-18(20)13-19-9-5-7-11-21(19)22/h4-14H,1-3H3. The van der Waals surface area contributed by atoms with E-state index in [0.29, 0.717) is 11.8 Å². The van der Waals surface area contributed by atoms with Crippen molar-refractivity contribution < 1.29 is 0 Å². The lowest BCUT2D eigenvalue weighted by atomic mass is 9.97. The van der Waals surface area contributed by atoms with Crippen LogP contribution < -0.4 is 0 Å². The van der Waals surface area contributed by atoms with Gasteiger partial charge in [-0.05, 0) is 54.4 Å². The van der Waals surface area contributed by atoms with Crippen LogP contribution in [0.2, 0.25) is 0 Å². The highest BCUT2D eigenvalue weighted by molar-refractivity contribution is 6.13. The fourth-order valence-electron chi connectivity index (χ4n) is 3.75. The molecular weight excluding hydrogens is 360 g/mol. The van der Waals surface area contributed by atoms with Gasteiger partial charge in [0.15, 0.2) is 5.82 Å². The molecule has 0 radical (unpaired) electrons. The Kier molecular flexibility index (Phi) is 3.98. The van der Waals surface area contributed by atoms with Crippen LogP contribution in [0.5, 0.6) is 0 Å². The van der Waals surface area contributed by atoms with Crippen LogP contribution in [0.4, 0.5) is 0 Å². The van der Waals surface area contributed by atoms with E-state index in [1.807, 2.05) is 33.1 Å². The molecule has 0 unspecified atom stereocenters. The summed E-state index contributed by atoms with van der Waals surface area (Å²) in [6, 6.07) is 21.0. The van der Waals surface area contributed by atoms with E-state index in [1.54, 1.807) is 9.36 Å². The third-order valence-corrected chi connectivity index (χ3v) is 5.09. The predicted molar refractivity (Wildman–Crippen MR) is 116 cm³/mol. The summed E-state index contributed by atoms with van der Waals surface area (Å²) in [6.45, 7) is 5.85. The Morgan fingerprint density at radius 3 is 2.10 bits per heavy atom. The highest BCUT2D eigenvalue weighted by Gasteiger charge is 2.14. The first-order valence-electron chi connectivity index (χ1n) is 9.52. The molecule has 0 saturated heterocycles. The number of fused-ring (bicyclic) bond motifs is 2. The second kappa shape index (κ2) is 6.67. The van der Waals surface area contributed by atoms with Crippen molar-refractivity contribution in [2.45, 2.75) is 20.8 Å². The molecule has 6 nitrogen and oxygen atoms in total. The van der Waals surface area contributed by atoms with Gasteiger partial charge in [-0.3, -0.25) is 0 Å². The topological polar surface area (TPSA) is 60.9 Å². The summed E-state index contributed by atoms with van der Waals surface area (Å²) in [5.74, 6) is 1.28. The molecule has 3 aromatic carbocycles. The van der Waals surface area contributed by atoms with E-state index < -0.39 is 0 Å². The van der Waals surface area contributed by atoms with Crippen LogP contribution in [-0.4, -0.2) is 30.9 Å². The number of nitrogens with zero attached hydrogens (tertiary/aromatic N) is 6. The van der Waals surface area contributed by atoms with E-state index in [1.165, 1.54) is 10.8 Å². The van der Waals surface area contributed by atoms with Crippen molar-refractivity contribution in [3.63, 3.8) is 0 Å². The quantitative estimate of drug-likeness (QED) is 0.340. The predicted octanol–water partition coefficient (Wildman–Crippen LogP) is 4.58. The van der Waals surface area contributed by atoms with E-state index in [4.69, 9.17) is 5.10 Å². The van der Waals surface area contributed by atoms with Gasteiger partial charge in [0.25, 0.3) is 5.95 Å². The van der Waals surface area contributed by atoms with Gasteiger partial charge < -0.3 is 0 Å². The Labute approximate surface area is 168 Å². The SMILES string of the molecule is Cc1cc(C)n(-c2nnc(C)n2N=Cc2c3ccccc3cc3ccccc23)n1. The van der Waals surface area contributed by atoms with Gasteiger partial charge in [-0.15, -0.1) is 10.2 Å². The molecule has 0 N–H and O–H groups in total. The smallest absolute Gasteiger partial charge is 0.202 e. The molecular formula is C23H20N6. The summed E-state index contributed by atoms with van der Waals surface area (Å²) in [5, 5.41) is 22.5. The average Bonchev–Trinajstić information content (AvgIpc) is 3.25. The first-order valence-corrected chi connectivity index (χ1v) is 9.52. The van der Waals surface area contributed by atoms with Gasteiger partial charge in [-0.25, -0.2) is 4.68 Å². The lowest BCUT2D eigenvalue weighted by Crippen LogP contribution is -2.08. The molecule has 5 aromatic rings. The lowest BCUT2D eigenvalue weighted by Gasteiger charge is -2.08. The molecule has 6 heteroatoms. The van der Waals surface area contributed by atoms with Crippen LogP contribution in [0.25, 0.3) is 27.5 Å². The Morgan fingerprint density at radius 2 is 1.48 bits per heavy atom. The van der Waals surface area contributed by atoms with Gasteiger partial charge in [0, 0.05) is 11.3 Å². The van der Waals surface area contributed by atoms with E-state index >= 15 is 0 Å². The summed E-state index contributed by atoms with van der Waals surface area (Å²) in [4.78, 5) is 0. The van der Waals surface area contributed by atoms with Gasteiger partial charge >= 0.3 is 0 Å². The van der Waals surface area contributed by atoms with E-state index in [0.717, 1.165) is 27.7 Å². The molecule has 0 aliphatic heterocycles.